The van der Waals surface area contributed by atoms with Gasteiger partial charge in [-0.05, 0) is 29.8 Å². The number of aromatic nitrogens is 2. The van der Waals surface area contributed by atoms with Crippen molar-refractivity contribution < 1.29 is 41.8 Å². The molecule has 0 amide bonds. The van der Waals surface area contributed by atoms with Gasteiger partial charge in [0.15, 0.2) is 6.61 Å². The molecule has 3 N–H and O–H groups in total. The first-order chi connectivity index (χ1) is 20.3. The van der Waals surface area contributed by atoms with E-state index in [1.807, 2.05) is 0 Å². The fourth-order valence-electron chi connectivity index (χ4n) is 4.54. The summed E-state index contributed by atoms with van der Waals surface area (Å²) < 4.78 is 51.2. The van der Waals surface area contributed by atoms with Crippen molar-refractivity contribution in [3.8, 4) is 0 Å². The summed E-state index contributed by atoms with van der Waals surface area (Å²) in [5.74, 6) is -4.53. The zero-order valence-electron chi connectivity index (χ0n) is 22.7. The molecular formula is C27H27FN4O10S. The van der Waals surface area contributed by atoms with Crippen LogP contribution < -0.4 is 17.0 Å². The summed E-state index contributed by atoms with van der Waals surface area (Å²) in [6.45, 7) is -2.57. The average Bonchev–Trinajstić information content (AvgIpc) is 3.39. The second-order valence-corrected chi connectivity index (χ2v) is 11.4. The van der Waals surface area contributed by atoms with Crippen LogP contribution in [0.3, 0.4) is 0 Å². The van der Waals surface area contributed by atoms with Crippen molar-refractivity contribution in [2.24, 2.45) is 0 Å². The normalized spacial score (nSPS) is 17.0. The Balaban J connectivity index is 1.62. The van der Waals surface area contributed by atoms with Crippen LogP contribution in [-0.2, 0) is 42.2 Å². The van der Waals surface area contributed by atoms with E-state index < -0.39 is 88.0 Å². The maximum absolute atomic E-state index is 13.3. The van der Waals surface area contributed by atoms with Gasteiger partial charge in [-0.25, -0.2) is 22.2 Å². The number of nitrogens with zero attached hydrogens (tertiary/aromatic N) is 3. The Labute approximate surface area is 243 Å². The van der Waals surface area contributed by atoms with Gasteiger partial charge in [-0.1, -0.05) is 30.3 Å². The molecule has 2 heterocycles. The van der Waals surface area contributed by atoms with Crippen LogP contribution in [0.2, 0.25) is 0 Å². The summed E-state index contributed by atoms with van der Waals surface area (Å²) in [6.07, 6.45) is -1.60. The molecule has 4 rings (SSSR count). The zero-order valence-corrected chi connectivity index (χ0v) is 23.5. The van der Waals surface area contributed by atoms with E-state index in [1.165, 1.54) is 0 Å². The number of carbonyl (C=O) groups is 3. The minimum atomic E-state index is -4.38. The molecule has 0 unspecified atom stereocenters. The van der Waals surface area contributed by atoms with Crippen molar-refractivity contribution in [3.05, 3.63) is 92.4 Å². The fourth-order valence-corrected chi connectivity index (χ4v) is 6.17. The van der Waals surface area contributed by atoms with E-state index in [0.717, 1.165) is 35.9 Å². The van der Waals surface area contributed by atoms with Crippen molar-refractivity contribution >= 4 is 33.6 Å². The third-order valence-electron chi connectivity index (χ3n) is 6.72. The van der Waals surface area contributed by atoms with E-state index in [0.29, 0.717) is 14.4 Å². The molecule has 0 bridgehead atoms. The highest BCUT2D eigenvalue weighted by molar-refractivity contribution is 7.89. The summed E-state index contributed by atoms with van der Waals surface area (Å²) in [5.41, 5.74) is 3.71. The van der Waals surface area contributed by atoms with Gasteiger partial charge >= 0.3 is 17.6 Å². The van der Waals surface area contributed by atoms with Crippen LogP contribution >= 0.6 is 0 Å². The van der Waals surface area contributed by atoms with Gasteiger partial charge < -0.3 is 20.3 Å². The number of β-amino-alcohol motifs (C(OH)–C–C–N with tert-alkyl or cyclic N) is 1. The Kier molecular flexibility index (Phi) is 9.22. The summed E-state index contributed by atoms with van der Waals surface area (Å²) in [4.78, 5) is 64.1. The number of carbonyl (C=O) groups excluding carboxylic acids is 3. The molecule has 228 valence electrons. The molecule has 14 nitrogen and oxygen atoms in total. The monoisotopic (exact) mass is 618 g/mol. The van der Waals surface area contributed by atoms with Gasteiger partial charge in [0, 0.05) is 13.0 Å². The van der Waals surface area contributed by atoms with E-state index >= 15 is 0 Å². The Morgan fingerprint density at radius 1 is 1.05 bits per heavy atom. The molecule has 16 heteroatoms. The van der Waals surface area contributed by atoms with Gasteiger partial charge in [0.1, 0.15) is 29.8 Å². The van der Waals surface area contributed by atoms with Crippen LogP contribution in [0, 0.1) is 5.82 Å². The van der Waals surface area contributed by atoms with Crippen LogP contribution in [0.15, 0.2) is 69.1 Å². The summed E-state index contributed by atoms with van der Waals surface area (Å²) in [7, 11) is -3.34. The average molecular weight is 619 g/mol. The van der Waals surface area contributed by atoms with E-state index in [4.69, 9.17) is 10.5 Å². The Morgan fingerprint density at radius 2 is 1.70 bits per heavy atom. The minimum absolute atomic E-state index is 0.177. The second kappa shape index (κ2) is 12.7. The third kappa shape index (κ3) is 6.55. The van der Waals surface area contributed by atoms with E-state index in [1.54, 1.807) is 30.3 Å². The number of ketones is 1. The number of aliphatic hydroxyl groups is 1. The molecule has 2 atom stereocenters. The van der Waals surface area contributed by atoms with Gasteiger partial charge in [0.2, 0.25) is 15.8 Å². The number of hydrogen-bond donors (Lipinski definition) is 2. The summed E-state index contributed by atoms with van der Waals surface area (Å²) in [5, 5.41) is 10.1. The Hall–Kier alpha value is -4.67. The Bertz CT molecular complexity index is 1770. The van der Waals surface area contributed by atoms with Gasteiger partial charge in [-0.15, -0.1) is 0 Å². The molecule has 3 aromatic rings. The number of rotatable bonds is 10. The molecule has 0 aliphatic carbocycles. The van der Waals surface area contributed by atoms with Crippen LogP contribution in [0.1, 0.15) is 22.3 Å². The van der Waals surface area contributed by atoms with Crippen molar-refractivity contribution in [1.29, 1.82) is 0 Å². The number of nitrogen functional groups attached to an aromatic ring is 1. The smallest absolute Gasteiger partial charge is 0.333 e. The number of methoxy groups -OCH3 is 1. The summed E-state index contributed by atoms with van der Waals surface area (Å²) in [6, 6.07) is 10.7. The first-order valence-electron chi connectivity index (χ1n) is 12.7. The molecule has 1 aromatic heterocycles. The van der Waals surface area contributed by atoms with E-state index in [-0.39, 0.29) is 17.9 Å². The molecular weight excluding hydrogens is 591 g/mol. The quantitative estimate of drug-likeness (QED) is 0.220. The largest absolute Gasteiger partial charge is 0.468 e. The lowest BCUT2D eigenvalue weighted by Gasteiger charge is -2.22. The lowest BCUT2D eigenvalue weighted by molar-refractivity contribution is -0.146. The maximum Gasteiger partial charge on any atom is 0.333 e. The second-order valence-electron chi connectivity index (χ2n) is 9.55. The topological polar surface area (TPSA) is 197 Å². The number of hydrogen-bond acceptors (Lipinski definition) is 11. The van der Waals surface area contributed by atoms with Gasteiger partial charge in [-0.2, -0.15) is 4.31 Å². The van der Waals surface area contributed by atoms with Crippen LogP contribution in [0.4, 0.5) is 10.2 Å². The van der Waals surface area contributed by atoms with Gasteiger partial charge in [-0.3, -0.25) is 23.7 Å². The highest BCUT2D eigenvalue weighted by Gasteiger charge is 2.44. The number of sulfonamides is 1. The number of benzene rings is 2. The predicted octanol–water partition coefficient (Wildman–Crippen LogP) is -0.497. The molecule has 1 fully saturated rings. The number of Topliss-reactive ketones (excluding diaryl/α,β-unsaturated/α-hetero) is 1. The number of halogens is 1. The predicted molar refractivity (Wildman–Crippen MR) is 147 cm³/mol. The van der Waals surface area contributed by atoms with Crippen LogP contribution in [0.5, 0.6) is 0 Å². The first kappa shape index (κ1) is 31.3. The van der Waals surface area contributed by atoms with Crippen molar-refractivity contribution in [2.75, 3.05) is 26.0 Å². The first-order valence-corrected chi connectivity index (χ1v) is 14.2. The highest BCUT2D eigenvalue weighted by atomic mass is 32.2. The lowest BCUT2D eigenvalue weighted by atomic mass is 10.1. The standard InChI is InChI=1S/C27H27FN4O10S/c1-41-22(35)14-31-25(36)23(24(29)30(27(31)38)12-16-5-3-2-4-6-16)21(34)15-42-26(37)20-11-18(33)13-32(20)43(39,40)19-9-7-17(28)8-10-19/h2-10,18,20,33H,11-15,29H2,1H3/t18-,20-/m0/s1. The fraction of sp³-hybridized carbons (Fsp3) is 0.296. The number of esters is 2. The van der Waals surface area contributed by atoms with Crippen molar-refractivity contribution in [3.63, 3.8) is 0 Å². The van der Waals surface area contributed by atoms with E-state index in [2.05, 4.69) is 4.74 Å². The SMILES string of the molecule is COC(=O)Cn1c(=O)c(C(=O)COC(=O)[C@@H]2C[C@H](O)CN2S(=O)(=O)c2ccc(F)cc2)c(N)n(Cc2ccccc2)c1=O. The molecule has 1 aliphatic rings. The number of aliphatic hydroxyl groups excluding tert-OH is 1. The molecule has 1 saturated heterocycles. The number of nitrogens with two attached hydrogens (primary N) is 1. The molecule has 0 radical (unpaired) electrons. The lowest BCUT2D eigenvalue weighted by Crippen LogP contribution is -2.46. The number of ether oxygens (including phenoxy) is 2. The molecule has 0 spiro atoms. The molecule has 43 heavy (non-hydrogen) atoms. The molecule has 0 saturated carbocycles. The maximum atomic E-state index is 13.3. The van der Waals surface area contributed by atoms with Crippen molar-refractivity contribution in [1.82, 2.24) is 13.4 Å². The molecule has 2 aromatic carbocycles. The van der Waals surface area contributed by atoms with Gasteiger partial charge in [0.25, 0.3) is 5.56 Å². The number of anilines is 1. The van der Waals surface area contributed by atoms with Gasteiger partial charge in [0.05, 0.1) is 24.7 Å². The third-order valence-corrected chi connectivity index (χ3v) is 8.61. The van der Waals surface area contributed by atoms with Crippen molar-refractivity contribution in [2.45, 2.75) is 36.6 Å². The van der Waals surface area contributed by atoms with Crippen LogP contribution in [-0.4, -0.2) is 77.1 Å². The highest BCUT2D eigenvalue weighted by Crippen LogP contribution is 2.27. The van der Waals surface area contributed by atoms with Crippen LogP contribution in [0.25, 0.3) is 0 Å². The minimum Gasteiger partial charge on any atom is -0.468 e. The molecule has 1 aliphatic heterocycles. The summed E-state index contributed by atoms with van der Waals surface area (Å²) >= 11 is 0. The zero-order chi connectivity index (χ0) is 31.5. The van der Waals surface area contributed by atoms with E-state index in [9.17, 15) is 41.9 Å². The Morgan fingerprint density at radius 3 is 2.33 bits per heavy atom.